The van der Waals surface area contributed by atoms with Crippen LogP contribution in [0.1, 0.15) is 18.2 Å². The summed E-state index contributed by atoms with van der Waals surface area (Å²) in [7, 11) is -3.22. The molecule has 2 rings (SSSR count). The Hall–Kier alpha value is -1.07. The Morgan fingerprint density at radius 1 is 1.44 bits per heavy atom. The van der Waals surface area contributed by atoms with E-state index in [4.69, 9.17) is 16.0 Å². The zero-order chi connectivity index (χ0) is 11.9. The normalized spacial score (nSPS) is 14.2. The first kappa shape index (κ1) is 11.4. The largest absolute Gasteiger partial charge is 0.439 e. The second-order valence-electron chi connectivity index (χ2n) is 3.57. The van der Waals surface area contributed by atoms with Crippen LogP contribution < -0.4 is 0 Å². The highest BCUT2D eigenvalue weighted by Gasteiger charge is 2.13. The van der Waals surface area contributed by atoms with Crippen molar-refractivity contribution in [1.82, 2.24) is 4.98 Å². The molecule has 1 atom stereocenters. The number of fused-ring (bicyclic) bond motifs is 1. The number of rotatable bonds is 2. The van der Waals surface area contributed by atoms with Gasteiger partial charge in [0.25, 0.3) is 0 Å². The van der Waals surface area contributed by atoms with E-state index >= 15 is 0 Å². The number of hydrogen-bond acceptors (Lipinski definition) is 4. The molecule has 2 aromatic rings. The third-order valence-electron chi connectivity index (χ3n) is 2.14. The van der Waals surface area contributed by atoms with E-state index in [2.05, 4.69) is 4.98 Å². The average Bonchev–Trinajstić information content (AvgIpc) is 2.58. The van der Waals surface area contributed by atoms with Crippen molar-refractivity contribution in [3.63, 3.8) is 0 Å². The van der Waals surface area contributed by atoms with Gasteiger partial charge in [0, 0.05) is 6.26 Å². The molecule has 0 fully saturated rings. The van der Waals surface area contributed by atoms with E-state index in [-0.39, 0.29) is 10.3 Å². The molecular weight excluding hydrogens is 250 g/mol. The first-order valence-corrected chi connectivity index (χ1v) is 6.95. The quantitative estimate of drug-likeness (QED) is 0.778. The predicted molar refractivity (Wildman–Crippen MR) is 61.4 cm³/mol. The molecular formula is C10H10ClNO3S. The zero-order valence-electron chi connectivity index (χ0n) is 8.77. The van der Waals surface area contributed by atoms with Gasteiger partial charge in [-0.3, -0.25) is 0 Å². The van der Waals surface area contributed by atoms with Gasteiger partial charge in [-0.1, -0.05) is 0 Å². The molecule has 4 nitrogen and oxygen atoms in total. The van der Waals surface area contributed by atoms with Crippen molar-refractivity contribution < 1.29 is 12.8 Å². The summed E-state index contributed by atoms with van der Waals surface area (Å²) in [6, 6.07) is 4.56. The van der Waals surface area contributed by atoms with Crippen LogP contribution in [0.15, 0.2) is 27.5 Å². The summed E-state index contributed by atoms with van der Waals surface area (Å²) in [6.07, 6.45) is 1.15. The van der Waals surface area contributed by atoms with Crippen molar-refractivity contribution >= 4 is 32.5 Å². The Balaban J connectivity index is 2.63. The number of nitrogens with zero attached hydrogens (tertiary/aromatic N) is 1. The number of alkyl halides is 1. The van der Waals surface area contributed by atoms with E-state index in [1.165, 1.54) is 12.1 Å². The third-order valence-corrected chi connectivity index (χ3v) is 3.44. The van der Waals surface area contributed by atoms with Crippen LogP contribution in [0, 0.1) is 0 Å². The van der Waals surface area contributed by atoms with E-state index in [0.29, 0.717) is 17.0 Å². The molecule has 1 unspecified atom stereocenters. The Morgan fingerprint density at radius 2 is 2.12 bits per heavy atom. The molecule has 1 heterocycles. The van der Waals surface area contributed by atoms with E-state index in [0.717, 1.165) is 6.26 Å². The summed E-state index contributed by atoms with van der Waals surface area (Å²) < 4.78 is 28.0. The van der Waals surface area contributed by atoms with Crippen molar-refractivity contribution in [2.24, 2.45) is 0 Å². The molecule has 0 N–H and O–H groups in total. The maximum Gasteiger partial charge on any atom is 0.213 e. The molecule has 86 valence electrons. The fraction of sp³-hybridized carbons (Fsp3) is 0.300. The standard InChI is InChI=1S/C10H10ClNO3S/c1-6(11)10-12-8-5-7(16(2,13)14)3-4-9(8)15-10/h3-6H,1-2H3. The maximum absolute atomic E-state index is 11.3. The van der Waals surface area contributed by atoms with Crippen LogP contribution in [0.25, 0.3) is 11.1 Å². The van der Waals surface area contributed by atoms with E-state index in [9.17, 15) is 8.42 Å². The van der Waals surface area contributed by atoms with Crippen LogP contribution in [0.2, 0.25) is 0 Å². The molecule has 0 aliphatic heterocycles. The van der Waals surface area contributed by atoms with Gasteiger partial charge in [-0.05, 0) is 25.1 Å². The number of aromatic nitrogens is 1. The topological polar surface area (TPSA) is 60.2 Å². The summed E-state index contributed by atoms with van der Waals surface area (Å²) in [6.45, 7) is 1.74. The van der Waals surface area contributed by atoms with Crippen LogP contribution in [0.3, 0.4) is 0 Å². The van der Waals surface area contributed by atoms with Crippen LogP contribution >= 0.6 is 11.6 Å². The monoisotopic (exact) mass is 259 g/mol. The zero-order valence-corrected chi connectivity index (χ0v) is 10.3. The molecule has 1 aromatic carbocycles. The second kappa shape index (κ2) is 3.75. The molecule has 0 radical (unpaired) electrons. The smallest absolute Gasteiger partial charge is 0.213 e. The highest BCUT2D eigenvalue weighted by molar-refractivity contribution is 7.90. The summed E-state index contributed by atoms with van der Waals surface area (Å²) in [5, 5.41) is -0.339. The molecule has 0 aliphatic rings. The first-order valence-electron chi connectivity index (χ1n) is 4.62. The van der Waals surface area contributed by atoms with Gasteiger partial charge in [-0.25, -0.2) is 13.4 Å². The highest BCUT2D eigenvalue weighted by Crippen LogP contribution is 2.25. The van der Waals surface area contributed by atoms with E-state index in [1.807, 2.05) is 0 Å². The summed E-state index contributed by atoms with van der Waals surface area (Å²) in [4.78, 5) is 4.35. The summed E-state index contributed by atoms with van der Waals surface area (Å²) in [5.41, 5.74) is 1.04. The third kappa shape index (κ3) is 2.05. The first-order chi connectivity index (χ1) is 7.38. The fourth-order valence-electron chi connectivity index (χ4n) is 1.33. The lowest BCUT2D eigenvalue weighted by molar-refractivity contribution is 0.531. The number of halogens is 1. The number of oxazole rings is 1. The Labute approximate surface area is 98.2 Å². The average molecular weight is 260 g/mol. The number of sulfone groups is 1. The Bertz CT molecular complexity index is 631. The molecule has 1 aromatic heterocycles. The SMILES string of the molecule is CC(Cl)c1nc2cc(S(C)(=O)=O)ccc2o1. The molecule has 0 spiro atoms. The van der Waals surface area contributed by atoms with Crippen molar-refractivity contribution in [3.8, 4) is 0 Å². The molecule has 0 saturated carbocycles. The summed E-state index contributed by atoms with van der Waals surface area (Å²) in [5.74, 6) is 0.391. The lowest BCUT2D eigenvalue weighted by Crippen LogP contribution is -1.96. The van der Waals surface area contributed by atoms with Crippen LogP contribution in [0.4, 0.5) is 0 Å². The number of benzene rings is 1. The molecule has 0 amide bonds. The Kier molecular flexibility index (Phi) is 2.67. The van der Waals surface area contributed by atoms with Gasteiger partial charge in [-0.2, -0.15) is 0 Å². The van der Waals surface area contributed by atoms with E-state index < -0.39 is 9.84 Å². The van der Waals surface area contributed by atoms with Crippen LogP contribution in [0.5, 0.6) is 0 Å². The van der Waals surface area contributed by atoms with Gasteiger partial charge in [0.05, 0.1) is 4.90 Å². The minimum absolute atomic E-state index is 0.224. The van der Waals surface area contributed by atoms with Crippen molar-refractivity contribution in [2.75, 3.05) is 6.26 Å². The van der Waals surface area contributed by atoms with Gasteiger partial charge in [0.15, 0.2) is 15.4 Å². The lowest BCUT2D eigenvalue weighted by Gasteiger charge is -1.95. The predicted octanol–water partition coefficient (Wildman–Crippen LogP) is 2.53. The fourth-order valence-corrected chi connectivity index (χ4v) is 2.06. The molecule has 0 aliphatic carbocycles. The highest BCUT2D eigenvalue weighted by atomic mass is 35.5. The lowest BCUT2D eigenvalue weighted by atomic mass is 10.3. The number of hydrogen-bond donors (Lipinski definition) is 0. The van der Waals surface area contributed by atoms with Gasteiger partial charge in [-0.15, -0.1) is 11.6 Å². The van der Waals surface area contributed by atoms with Crippen molar-refractivity contribution in [3.05, 3.63) is 24.1 Å². The molecule has 0 saturated heterocycles. The van der Waals surface area contributed by atoms with Gasteiger partial charge in [0.1, 0.15) is 10.9 Å². The summed E-state index contributed by atoms with van der Waals surface area (Å²) >= 11 is 5.83. The van der Waals surface area contributed by atoms with E-state index in [1.54, 1.807) is 13.0 Å². The van der Waals surface area contributed by atoms with Crippen molar-refractivity contribution in [1.29, 1.82) is 0 Å². The van der Waals surface area contributed by atoms with Gasteiger partial charge < -0.3 is 4.42 Å². The van der Waals surface area contributed by atoms with Crippen molar-refractivity contribution in [2.45, 2.75) is 17.2 Å². The van der Waals surface area contributed by atoms with Crippen LogP contribution in [-0.4, -0.2) is 19.7 Å². The van der Waals surface area contributed by atoms with Crippen LogP contribution in [-0.2, 0) is 9.84 Å². The van der Waals surface area contributed by atoms with Gasteiger partial charge >= 0.3 is 0 Å². The second-order valence-corrected chi connectivity index (χ2v) is 6.24. The molecule has 16 heavy (non-hydrogen) atoms. The minimum Gasteiger partial charge on any atom is -0.439 e. The van der Waals surface area contributed by atoms with Gasteiger partial charge in [0.2, 0.25) is 5.89 Å². The molecule has 6 heteroatoms. The maximum atomic E-state index is 11.3. The Morgan fingerprint density at radius 3 is 2.69 bits per heavy atom. The molecule has 0 bridgehead atoms. The minimum atomic E-state index is -3.22.